The number of ether oxygens (including phenoxy) is 1. The van der Waals surface area contributed by atoms with E-state index in [0.29, 0.717) is 17.6 Å². The number of nitro benzene ring substituents is 1. The fourth-order valence-corrected chi connectivity index (χ4v) is 1.93. The zero-order valence-corrected chi connectivity index (χ0v) is 11.5. The molecule has 6 nitrogen and oxygen atoms in total. The lowest BCUT2D eigenvalue weighted by molar-refractivity contribution is -0.384. The number of nitrogens with one attached hydrogen (secondary N) is 1. The molecule has 0 aliphatic heterocycles. The van der Waals surface area contributed by atoms with E-state index in [4.69, 9.17) is 9.84 Å². The molecule has 18 heavy (non-hydrogen) atoms. The third-order valence-corrected chi connectivity index (χ3v) is 3.16. The lowest BCUT2D eigenvalue weighted by Crippen LogP contribution is -2.35. The summed E-state index contributed by atoms with van der Waals surface area (Å²) in [6.45, 7) is 0.868. The highest BCUT2D eigenvalue weighted by molar-refractivity contribution is 9.10. The Hall–Kier alpha value is -1.02. The summed E-state index contributed by atoms with van der Waals surface area (Å²) >= 11 is 3.29. The van der Waals surface area contributed by atoms with E-state index >= 15 is 0 Å². The molecule has 0 fully saturated rings. The third-order valence-electron chi connectivity index (χ3n) is 2.42. The van der Waals surface area contributed by atoms with E-state index in [1.54, 1.807) is 13.2 Å². The second-order valence-corrected chi connectivity index (χ2v) is 4.60. The Kier molecular flexibility index (Phi) is 6.20. The van der Waals surface area contributed by atoms with Gasteiger partial charge in [0.15, 0.2) is 0 Å². The molecule has 1 unspecified atom stereocenters. The van der Waals surface area contributed by atoms with Crippen molar-refractivity contribution < 1.29 is 14.8 Å². The van der Waals surface area contributed by atoms with Gasteiger partial charge in [0.05, 0.1) is 24.2 Å². The highest BCUT2D eigenvalue weighted by Crippen LogP contribution is 2.22. The first-order valence-electron chi connectivity index (χ1n) is 5.34. The molecule has 7 heteroatoms. The number of aliphatic hydroxyl groups excluding tert-OH is 1. The Balaban J connectivity index is 2.65. The van der Waals surface area contributed by atoms with Gasteiger partial charge in [0.1, 0.15) is 0 Å². The Bertz CT molecular complexity index is 414. The highest BCUT2D eigenvalue weighted by atomic mass is 79.9. The van der Waals surface area contributed by atoms with Crippen molar-refractivity contribution in [1.29, 1.82) is 0 Å². The molecule has 0 saturated heterocycles. The summed E-state index contributed by atoms with van der Waals surface area (Å²) in [7, 11) is 1.56. The summed E-state index contributed by atoms with van der Waals surface area (Å²) in [5, 5.41) is 22.8. The predicted octanol–water partition coefficient (Wildman–Crippen LogP) is 1.45. The molecule has 0 spiro atoms. The Morgan fingerprint density at radius 3 is 2.83 bits per heavy atom. The maximum absolute atomic E-state index is 10.6. The molecule has 1 aromatic carbocycles. The van der Waals surface area contributed by atoms with Gasteiger partial charge < -0.3 is 15.2 Å². The quantitative estimate of drug-likeness (QED) is 0.587. The maximum Gasteiger partial charge on any atom is 0.270 e. The van der Waals surface area contributed by atoms with Crippen LogP contribution in [0.4, 0.5) is 5.69 Å². The van der Waals surface area contributed by atoms with Crippen LogP contribution in [0.3, 0.4) is 0 Å². The zero-order chi connectivity index (χ0) is 13.5. The molecule has 1 atom stereocenters. The molecule has 0 aromatic heterocycles. The lowest BCUT2D eigenvalue weighted by atomic mass is 10.2. The van der Waals surface area contributed by atoms with Crippen LogP contribution in [0.15, 0.2) is 22.7 Å². The van der Waals surface area contributed by atoms with Crippen molar-refractivity contribution in [3.05, 3.63) is 38.3 Å². The fraction of sp³-hybridized carbons (Fsp3) is 0.455. The molecule has 0 aliphatic rings. The molecular formula is C11H15BrN2O4. The van der Waals surface area contributed by atoms with Crippen molar-refractivity contribution in [3.8, 4) is 0 Å². The summed E-state index contributed by atoms with van der Waals surface area (Å²) in [5.41, 5.74) is 0.927. The first kappa shape index (κ1) is 15.0. The lowest BCUT2D eigenvalue weighted by Gasteiger charge is -2.15. The van der Waals surface area contributed by atoms with Crippen LogP contribution in [0.2, 0.25) is 0 Å². The summed E-state index contributed by atoms with van der Waals surface area (Å²) in [6, 6.07) is 4.43. The van der Waals surface area contributed by atoms with Gasteiger partial charge in [0.2, 0.25) is 0 Å². The number of nitrogens with zero attached hydrogens (tertiary/aromatic N) is 1. The second-order valence-electron chi connectivity index (χ2n) is 3.75. The van der Waals surface area contributed by atoms with Crippen LogP contribution in [-0.4, -0.2) is 36.4 Å². The number of halogens is 1. The van der Waals surface area contributed by atoms with E-state index < -0.39 is 4.92 Å². The topological polar surface area (TPSA) is 84.6 Å². The van der Waals surface area contributed by atoms with Crippen molar-refractivity contribution >= 4 is 21.6 Å². The van der Waals surface area contributed by atoms with Crippen LogP contribution in [0.25, 0.3) is 0 Å². The molecule has 0 amide bonds. The molecule has 0 radical (unpaired) electrons. The summed E-state index contributed by atoms with van der Waals surface area (Å²) in [4.78, 5) is 10.1. The molecule has 0 heterocycles. The van der Waals surface area contributed by atoms with Gasteiger partial charge in [-0.05, 0) is 11.6 Å². The Morgan fingerprint density at radius 2 is 2.33 bits per heavy atom. The number of non-ortho nitro benzene ring substituents is 1. The van der Waals surface area contributed by atoms with Crippen LogP contribution >= 0.6 is 15.9 Å². The van der Waals surface area contributed by atoms with E-state index in [1.165, 1.54) is 12.1 Å². The van der Waals surface area contributed by atoms with Gasteiger partial charge in [-0.2, -0.15) is 0 Å². The van der Waals surface area contributed by atoms with E-state index in [-0.39, 0.29) is 18.3 Å². The van der Waals surface area contributed by atoms with E-state index in [1.807, 2.05) is 0 Å². The van der Waals surface area contributed by atoms with Crippen LogP contribution in [-0.2, 0) is 11.3 Å². The van der Waals surface area contributed by atoms with Gasteiger partial charge in [-0.3, -0.25) is 10.1 Å². The van der Waals surface area contributed by atoms with Crippen molar-refractivity contribution in [2.75, 3.05) is 20.3 Å². The summed E-state index contributed by atoms with van der Waals surface area (Å²) in [5.74, 6) is 0. The predicted molar refractivity (Wildman–Crippen MR) is 70.4 cm³/mol. The molecule has 0 bridgehead atoms. The van der Waals surface area contributed by atoms with Gasteiger partial charge in [0.25, 0.3) is 5.69 Å². The van der Waals surface area contributed by atoms with Gasteiger partial charge in [-0.25, -0.2) is 0 Å². The number of aliphatic hydroxyl groups is 1. The van der Waals surface area contributed by atoms with Crippen LogP contribution < -0.4 is 5.32 Å². The highest BCUT2D eigenvalue weighted by Gasteiger charge is 2.11. The van der Waals surface area contributed by atoms with Gasteiger partial charge in [-0.1, -0.05) is 15.9 Å². The maximum atomic E-state index is 10.6. The van der Waals surface area contributed by atoms with Crippen LogP contribution in [0.1, 0.15) is 5.56 Å². The zero-order valence-electron chi connectivity index (χ0n) is 9.93. The largest absolute Gasteiger partial charge is 0.395 e. The number of hydrogen-bond donors (Lipinski definition) is 2. The number of nitro groups is 1. The average Bonchev–Trinajstić information content (AvgIpc) is 2.35. The smallest absolute Gasteiger partial charge is 0.270 e. The molecule has 2 N–H and O–H groups in total. The standard InChI is InChI=1S/C11H15BrN2O4/c1-18-7-9(6-15)13-5-8-2-3-10(14(16)17)4-11(8)12/h2-4,9,13,15H,5-7H2,1H3. The monoisotopic (exact) mass is 318 g/mol. The van der Waals surface area contributed by atoms with Crippen LogP contribution in [0.5, 0.6) is 0 Å². The minimum Gasteiger partial charge on any atom is -0.395 e. The van der Waals surface area contributed by atoms with Crippen molar-refractivity contribution in [1.82, 2.24) is 5.32 Å². The molecule has 0 saturated carbocycles. The number of rotatable bonds is 7. The Morgan fingerprint density at radius 1 is 1.61 bits per heavy atom. The summed E-state index contributed by atoms with van der Waals surface area (Å²) in [6.07, 6.45) is 0. The number of hydrogen-bond acceptors (Lipinski definition) is 5. The molecule has 1 rings (SSSR count). The first-order chi connectivity index (χ1) is 8.58. The average molecular weight is 319 g/mol. The van der Waals surface area contributed by atoms with Crippen LogP contribution in [0, 0.1) is 10.1 Å². The van der Waals surface area contributed by atoms with E-state index in [0.717, 1.165) is 5.56 Å². The third kappa shape index (κ3) is 4.34. The Labute approximate surface area is 113 Å². The van der Waals surface area contributed by atoms with Gasteiger partial charge in [0, 0.05) is 30.3 Å². The molecule has 0 aliphatic carbocycles. The molecular weight excluding hydrogens is 304 g/mol. The fourth-order valence-electron chi connectivity index (χ4n) is 1.42. The second kappa shape index (κ2) is 7.42. The molecule has 1 aromatic rings. The van der Waals surface area contributed by atoms with Gasteiger partial charge in [-0.15, -0.1) is 0 Å². The van der Waals surface area contributed by atoms with Crippen molar-refractivity contribution in [2.45, 2.75) is 12.6 Å². The van der Waals surface area contributed by atoms with E-state index in [2.05, 4.69) is 21.2 Å². The number of methoxy groups -OCH3 is 1. The van der Waals surface area contributed by atoms with E-state index in [9.17, 15) is 10.1 Å². The minimum atomic E-state index is -0.441. The number of benzene rings is 1. The summed E-state index contributed by atoms with van der Waals surface area (Å²) < 4.78 is 5.61. The SMILES string of the molecule is COCC(CO)NCc1ccc([N+](=O)[O-])cc1Br. The van der Waals surface area contributed by atoms with Crippen molar-refractivity contribution in [3.63, 3.8) is 0 Å². The normalized spacial score (nSPS) is 12.4. The van der Waals surface area contributed by atoms with Crippen molar-refractivity contribution in [2.24, 2.45) is 0 Å². The first-order valence-corrected chi connectivity index (χ1v) is 6.13. The molecule has 100 valence electrons. The van der Waals surface area contributed by atoms with Gasteiger partial charge >= 0.3 is 0 Å². The minimum absolute atomic E-state index is 0.0293.